The van der Waals surface area contributed by atoms with E-state index in [0.717, 1.165) is 0 Å². The molecule has 12 atom stereocenters. The van der Waals surface area contributed by atoms with E-state index in [0.29, 0.717) is 0 Å². The van der Waals surface area contributed by atoms with Crippen LogP contribution in [0.3, 0.4) is 0 Å². The maximum absolute atomic E-state index is 9.16. The second-order valence-corrected chi connectivity index (χ2v) is 7.82. The summed E-state index contributed by atoms with van der Waals surface area (Å²) in [5.41, 5.74) is 0. The van der Waals surface area contributed by atoms with Gasteiger partial charge in [0, 0.05) is 0 Å². The van der Waals surface area contributed by atoms with Crippen LogP contribution in [0, 0.1) is 0 Å². The standard InChI is InChI=1S/C6H14O6.C6H12O5.C6H10O4/c7-1-3(9)5(11)6(12)4(10)2-8;7-1-3(8)6-5(10)4(9)2-11-6;7-3-1-9-6-4(8)2-10-5(3)6/h3-12H,1-2H2;3-10H,1-2H2;3-8H,1-2H2/t3-,4+,5-,6-;3?,4-,5-,6-;3-,4?,5?,6?/m000/s1. The van der Waals surface area contributed by atoms with Crippen molar-refractivity contribution in [3.63, 3.8) is 0 Å². The fourth-order valence-corrected chi connectivity index (χ4v) is 3.20. The van der Waals surface area contributed by atoms with Gasteiger partial charge < -0.3 is 75.5 Å². The number of rotatable bonds is 7. The number of fused-ring (bicyclic) bond motifs is 1. The van der Waals surface area contributed by atoms with Gasteiger partial charge in [-0.2, -0.15) is 0 Å². The van der Waals surface area contributed by atoms with Crippen LogP contribution in [0.5, 0.6) is 0 Å². The van der Waals surface area contributed by atoms with E-state index in [1.54, 1.807) is 0 Å². The largest absolute Gasteiger partial charge is 0.394 e. The molecule has 3 heterocycles. The van der Waals surface area contributed by atoms with E-state index in [9.17, 15) is 0 Å². The van der Waals surface area contributed by atoms with Gasteiger partial charge in [-0.3, -0.25) is 0 Å². The van der Waals surface area contributed by atoms with Crippen LogP contribution < -0.4 is 0 Å². The Hall–Kier alpha value is -0.600. The summed E-state index contributed by atoms with van der Waals surface area (Å²) >= 11 is 0. The van der Waals surface area contributed by atoms with Gasteiger partial charge in [0.2, 0.25) is 0 Å². The van der Waals surface area contributed by atoms with E-state index < -0.39 is 80.9 Å². The highest BCUT2D eigenvalue weighted by Gasteiger charge is 2.46. The average Bonchev–Trinajstić information content (AvgIpc) is 3.49. The molecule has 3 aliphatic rings. The summed E-state index contributed by atoms with van der Waals surface area (Å²) in [4.78, 5) is 0. The molecular weight excluding hydrogens is 456 g/mol. The van der Waals surface area contributed by atoms with Crippen LogP contribution in [0.25, 0.3) is 0 Å². The van der Waals surface area contributed by atoms with Crippen LogP contribution in [-0.2, 0) is 14.2 Å². The Kier molecular flexibility index (Phi) is 13.6. The molecule has 0 aliphatic carbocycles. The SMILES string of the molecule is OC1COC2C1OC[C@@H]2O.OCC(O)[C@@H]1OC[C@H](O)[C@@H]1O.OC[C@@H](O)[C@H](O)[C@@H](O)[C@@H](O)CO. The number of hydrogen-bond acceptors (Lipinski definition) is 15. The van der Waals surface area contributed by atoms with E-state index in [4.69, 9.17) is 75.5 Å². The fourth-order valence-electron chi connectivity index (χ4n) is 3.20. The fraction of sp³-hybridized carbons (Fsp3) is 1.00. The lowest BCUT2D eigenvalue weighted by atomic mass is 10.0. The molecule has 0 radical (unpaired) electrons. The van der Waals surface area contributed by atoms with Crippen molar-refractivity contribution in [3.05, 3.63) is 0 Å². The van der Waals surface area contributed by atoms with Gasteiger partial charge in [0.15, 0.2) is 0 Å². The van der Waals surface area contributed by atoms with Crippen LogP contribution >= 0.6 is 0 Å². The summed E-state index contributed by atoms with van der Waals surface area (Å²) in [5.74, 6) is 0. The minimum absolute atomic E-state index is 0.00287. The highest BCUT2D eigenvalue weighted by Crippen LogP contribution is 2.26. The third-order valence-corrected chi connectivity index (χ3v) is 5.27. The summed E-state index contributed by atoms with van der Waals surface area (Å²) < 4.78 is 15.0. The highest BCUT2D eigenvalue weighted by molar-refractivity contribution is 4.93. The summed E-state index contributed by atoms with van der Waals surface area (Å²) in [6.45, 7) is -1.36. The molecule has 3 fully saturated rings. The molecule has 0 saturated carbocycles. The van der Waals surface area contributed by atoms with E-state index in [1.807, 2.05) is 0 Å². The molecule has 3 aliphatic heterocycles. The predicted molar refractivity (Wildman–Crippen MR) is 105 cm³/mol. The minimum atomic E-state index is -1.67. The van der Waals surface area contributed by atoms with Gasteiger partial charge in [0.25, 0.3) is 0 Å². The molecular formula is C18H36O15. The van der Waals surface area contributed by atoms with E-state index in [-0.39, 0.29) is 32.0 Å². The number of hydrogen-bond donors (Lipinski definition) is 12. The zero-order valence-corrected chi connectivity index (χ0v) is 17.8. The predicted octanol–water partition coefficient (Wildman–Crippen LogP) is -7.62. The second kappa shape index (κ2) is 14.7. The first-order chi connectivity index (χ1) is 15.5. The molecule has 0 aromatic heterocycles. The van der Waals surface area contributed by atoms with Crippen LogP contribution in [0.1, 0.15) is 0 Å². The molecule has 3 rings (SSSR count). The molecule has 0 spiro atoms. The van der Waals surface area contributed by atoms with Crippen LogP contribution in [-0.4, -0.2) is 174 Å². The zero-order valence-electron chi connectivity index (χ0n) is 17.8. The van der Waals surface area contributed by atoms with Gasteiger partial charge in [-0.25, -0.2) is 0 Å². The Balaban J connectivity index is 0.000000248. The van der Waals surface area contributed by atoms with Gasteiger partial charge >= 0.3 is 0 Å². The van der Waals surface area contributed by atoms with Crippen molar-refractivity contribution < 1.29 is 75.5 Å². The molecule has 198 valence electrons. The lowest BCUT2D eigenvalue weighted by Crippen LogP contribution is -2.46. The zero-order chi connectivity index (χ0) is 25.3. The Morgan fingerprint density at radius 2 is 0.970 bits per heavy atom. The molecule has 0 amide bonds. The lowest BCUT2D eigenvalue weighted by molar-refractivity contribution is -0.123. The third kappa shape index (κ3) is 8.53. The molecule has 15 nitrogen and oxygen atoms in total. The maximum Gasteiger partial charge on any atom is 0.114 e. The summed E-state index contributed by atoms with van der Waals surface area (Å²) in [6.07, 6.45) is -12.1. The van der Waals surface area contributed by atoms with Crippen molar-refractivity contribution in [3.8, 4) is 0 Å². The van der Waals surface area contributed by atoms with Crippen molar-refractivity contribution in [2.24, 2.45) is 0 Å². The van der Waals surface area contributed by atoms with Crippen molar-refractivity contribution in [1.29, 1.82) is 0 Å². The average molecular weight is 492 g/mol. The third-order valence-electron chi connectivity index (χ3n) is 5.27. The summed E-state index contributed by atoms with van der Waals surface area (Å²) in [7, 11) is 0. The van der Waals surface area contributed by atoms with Gasteiger partial charge in [0.05, 0.1) is 39.6 Å². The summed E-state index contributed by atoms with van der Waals surface area (Å²) in [6, 6.07) is 0. The Bertz CT molecular complexity index is 497. The Morgan fingerprint density at radius 1 is 0.576 bits per heavy atom. The Morgan fingerprint density at radius 3 is 1.27 bits per heavy atom. The van der Waals surface area contributed by atoms with Gasteiger partial charge in [-0.1, -0.05) is 0 Å². The number of ether oxygens (including phenoxy) is 3. The molecule has 15 heteroatoms. The molecule has 3 saturated heterocycles. The normalized spacial score (nSPS) is 37.6. The number of aliphatic hydroxyl groups is 12. The van der Waals surface area contributed by atoms with Gasteiger partial charge in [-0.05, 0) is 0 Å². The molecule has 0 aromatic carbocycles. The number of aliphatic hydroxyl groups excluding tert-OH is 12. The molecule has 33 heavy (non-hydrogen) atoms. The Labute approximate surface area is 189 Å². The molecule has 4 unspecified atom stereocenters. The van der Waals surface area contributed by atoms with E-state index >= 15 is 0 Å². The summed E-state index contributed by atoms with van der Waals surface area (Å²) in [5, 5.41) is 106. The lowest BCUT2D eigenvalue weighted by Gasteiger charge is -2.24. The van der Waals surface area contributed by atoms with Crippen molar-refractivity contribution in [2.45, 2.75) is 73.2 Å². The topological polar surface area (TPSA) is 270 Å². The molecule has 0 bridgehead atoms. The van der Waals surface area contributed by atoms with Gasteiger partial charge in [-0.15, -0.1) is 0 Å². The van der Waals surface area contributed by atoms with Crippen molar-refractivity contribution >= 4 is 0 Å². The van der Waals surface area contributed by atoms with Crippen molar-refractivity contribution in [2.75, 3.05) is 39.6 Å². The second-order valence-electron chi connectivity index (χ2n) is 7.82. The highest BCUT2D eigenvalue weighted by atomic mass is 16.6. The van der Waals surface area contributed by atoms with Gasteiger partial charge in [0.1, 0.15) is 73.2 Å². The van der Waals surface area contributed by atoms with E-state index in [2.05, 4.69) is 0 Å². The smallest absolute Gasteiger partial charge is 0.114 e. The minimum Gasteiger partial charge on any atom is -0.394 e. The first-order valence-corrected chi connectivity index (χ1v) is 10.3. The van der Waals surface area contributed by atoms with Crippen LogP contribution in [0.2, 0.25) is 0 Å². The van der Waals surface area contributed by atoms with Crippen LogP contribution in [0.15, 0.2) is 0 Å². The monoisotopic (exact) mass is 492 g/mol. The van der Waals surface area contributed by atoms with Crippen molar-refractivity contribution in [1.82, 2.24) is 0 Å². The maximum atomic E-state index is 9.16. The quantitative estimate of drug-likeness (QED) is 0.157. The van der Waals surface area contributed by atoms with Crippen LogP contribution in [0.4, 0.5) is 0 Å². The first kappa shape index (κ1) is 30.4. The van der Waals surface area contributed by atoms with E-state index in [1.165, 1.54) is 0 Å². The first-order valence-electron chi connectivity index (χ1n) is 10.3. The molecule has 12 N–H and O–H groups in total. The molecule has 0 aromatic rings.